The molecule has 0 spiro atoms. The van der Waals surface area contributed by atoms with Gasteiger partial charge >= 0.3 is 0 Å². The predicted molar refractivity (Wildman–Crippen MR) is 88.7 cm³/mol. The zero-order chi connectivity index (χ0) is 16.6. The zero-order valence-corrected chi connectivity index (χ0v) is 13.8. The SMILES string of the molecule is Cc1ncc(-c2nc(Nc3cc(Cl)cc(Cl)c3)ncc2F)n1C. The maximum absolute atomic E-state index is 14.1. The molecule has 0 amide bonds. The Morgan fingerprint density at radius 1 is 1.09 bits per heavy atom. The van der Waals surface area contributed by atoms with Crippen molar-refractivity contribution < 1.29 is 4.39 Å². The van der Waals surface area contributed by atoms with Gasteiger partial charge in [-0.05, 0) is 25.1 Å². The molecule has 0 fully saturated rings. The van der Waals surface area contributed by atoms with Gasteiger partial charge in [0.05, 0.1) is 18.1 Å². The molecule has 2 heterocycles. The number of aryl methyl sites for hydroxylation is 1. The zero-order valence-electron chi connectivity index (χ0n) is 12.3. The largest absolute Gasteiger partial charge is 0.330 e. The van der Waals surface area contributed by atoms with Crippen molar-refractivity contribution in [3.05, 3.63) is 52.3 Å². The van der Waals surface area contributed by atoms with Crippen LogP contribution in [0.25, 0.3) is 11.4 Å². The van der Waals surface area contributed by atoms with Gasteiger partial charge in [-0.2, -0.15) is 0 Å². The van der Waals surface area contributed by atoms with Crippen LogP contribution in [0.5, 0.6) is 0 Å². The summed E-state index contributed by atoms with van der Waals surface area (Å²) in [5, 5.41) is 3.91. The van der Waals surface area contributed by atoms with Gasteiger partial charge in [0.25, 0.3) is 0 Å². The summed E-state index contributed by atoms with van der Waals surface area (Å²) in [6.07, 6.45) is 2.68. The average molecular weight is 352 g/mol. The highest BCUT2D eigenvalue weighted by molar-refractivity contribution is 6.35. The van der Waals surface area contributed by atoms with Crippen LogP contribution in [0, 0.1) is 12.7 Å². The molecule has 0 bridgehead atoms. The Balaban J connectivity index is 1.99. The van der Waals surface area contributed by atoms with Gasteiger partial charge in [-0.3, -0.25) is 0 Å². The molecule has 23 heavy (non-hydrogen) atoms. The van der Waals surface area contributed by atoms with E-state index in [4.69, 9.17) is 23.2 Å². The number of hydrogen-bond acceptors (Lipinski definition) is 4. The second kappa shape index (κ2) is 6.14. The first-order valence-electron chi connectivity index (χ1n) is 6.68. The third-order valence-corrected chi connectivity index (χ3v) is 3.76. The second-order valence-corrected chi connectivity index (χ2v) is 5.80. The van der Waals surface area contributed by atoms with Gasteiger partial charge in [-0.15, -0.1) is 0 Å². The van der Waals surface area contributed by atoms with E-state index in [1.165, 1.54) is 0 Å². The van der Waals surface area contributed by atoms with Gasteiger partial charge < -0.3 is 9.88 Å². The van der Waals surface area contributed by atoms with Gasteiger partial charge in [0.15, 0.2) is 5.82 Å². The molecule has 0 aliphatic heterocycles. The number of nitrogens with zero attached hydrogens (tertiary/aromatic N) is 4. The van der Waals surface area contributed by atoms with Crippen molar-refractivity contribution in [1.29, 1.82) is 0 Å². The Morgan fingerprint density at radius 2 is 1.78 bits per heavy atom. The minimum atomic E-state index is -0.525. The lowest BCUT2D eigenvalue weighted by Gasteiger charge is -2.09. The van der Waals surface area contributed by atoms with Gasteiger partial charge in [0.2, 0.25) is 5.95 Å². The minimum absolute atomic E-state index is 0.165. The highest BCUT2D eigenvalue weighted by atomic mass is 35.5. The van der Waals surface area contributed by atoms with Crippen molar-refractivity contribution in [3.8, 4) is 11.4 Å². The lowest BCUT2D eigenvalue weighted by atomic mass is 10.3. The number of imidazole rings is 1. The quantitative estimate of drug-likeness (QED) is 0.760. The van der Waals surface area contributed by atoms with E-state index in [2.05, 4.69) is 20.3 Å². The normalized spacial score (nSPS) is 10.8. The van der Waals surface area contributed by atoms with Crippen molar-refractivity contribution in [3.63, 3.8) is 0 Å². The monoisotopic (exact) mass is 351 g/mol. The predicted octanol–water partition coefficient (Wildman–Crippen LogP) is 4.38. The van der Waals surface area contributed by atoms with Crippen LogP contribution in [0.2, 0.25) is 10.0 Å². The maximum Gasteiger partial charge on any atom is 0.227 e. The van der Waals surface area contributed by atoms with Crippen LogP contribution in [0.1, 0.15) is 5.82 Å². The summed E-state index contributed by atoms with van der Waals surface area (Å²) in [5.41, 5.74) is 1.34. The first kappa shape index (κ1) is 15.7. The van der Waals surface area contributed by atoms with E-state index < -0.39 is 5.82 Å². The van der Waals surface area contributed by atoms with E-state index >= 15 is 0 Å². The summed E-state index contributed by atoms with van der Waals surface area (Å²) in [7, 11) is 1.79. The Kier molecular flexibility index (Phi) is 4.19. The Bertz CT molecular complexity index is 858. The number of hydrogen-bond donors (Lipinski definition) is 1. The van der Waals surface area contributed by atoms with E-state index in [0.717, 1.165) is 12.0 Å². The molecule has 0 radical (unpaired) electrons. The molecule has 3 aromatic rings. The molecular formula is C15H12Cl2FN5. The van der Waals surface area contributed by atoms with Crippen molar-refractivity contribution in [1.82, 2.24) is 19.5 Å². The molecule has 0 saturated heterocycles. The molecule has 0 unspecified atom stereocenters. The van der Waals surface area contributed by atoms with Gasteiger partial charge in [0, 0.05) is 22.8 Å². The summed E-state index contributed by atoms with van der Waals surface area (Å²) >= 11 is 11.9. The van der Waals surface area contributed by atoms with Crippen LogP contribution in [0.3, 0.4) is 0 Å². The van der Waals surface area contributed by atoms with Crippen LogP contribution in [0.15, 0.2) is 30.6 Å². The first-order chi connectivity index (χ1) is 10.9. The third kappa shape index (κ3) is 3.28. The van der Waals surface area contributed by atoms with E-state index in [9.17, 15) is 4.39 Å². The molecule has 0 saturated carbocycles. The molecule has 118 valence electrons. The highest BCUT2D eigenvalue weighted by Crippen LogP contribution is 2.26. The molecule has 0 atom stereocenters. The summed E-state index contributed by atoms with van der Waals surface area (Å²) in [6.45, 7) is 1.83. The fraction of sp³-hybridized carbons (Fsp3) is 0.133. The summed E-state index contributed by atoms with van der Waals surface area (Å²) in [5.74, 6) is 0.468. The lowest BCUT2D eigenvalue weighted by Crippen LogP contribution is -2.03. The fourth-order valence-corrected chi connectivity index (χ4v) is 2.61. The fourth-order valence-electron chi connectivity index (χ4n) is 2.08. The molecule has 1 N–H and O–H groups in total. The van der Waals surface area contributed by atoms with Crippen molar-refractivity contribution in [2.75, 3.05) is 5.32 Å². The van der Waals surface area contributed by atoms with E-state index in [0.29, 0.717) is 21.4 Å². The van der Waals surface area contributed by atoms with Crippen molar-refractivity contribution >= 4 is 34.8 Å². The number of nitrogens with one attached hydrogen (secondary N) is 1. The van der Waals surface area contributed by atoms with E-state index in [1.807, 2.05) is 6.92 Å². The van der Waals surface area contributed by atoms with Crippen molar-refractivity contribution in [2.24, 2.45) is 7.05 Å². The molecule has 2 aromatic heterocycles. The van der Waals surface area contributed by atoms with Crippen LogP contribution in [-0.2, 0) is 7.05 Å². The number of benzene rings is 1. The molecule has 1 aromatic carbocycles. The summed E-state index contributed by atoms with van der Waals surface area (Å²) < 4.78 is 15.8. The molecule has 3 rings (SSSR count). The van der Waals surface area contributed by atoms with Gasteiger partial charge in [-0.25, -0.2) is 19.3 Å². The molecule has 5 nitrogen and oxygen atoms in total. The minimum Gasteiger partial charge on any atom is -0.330 e. The third-order valence-electron chi connectivity index (χ3n) is 3.33. The topological polar surface area (TPSA) is 55.6 Å². The lowest BCUT2D eigenvalue weighted by molar-refractivity contribution is 0.616. The number of halogens is 3. The maximum atomic E-state index is 14.1. The highest BCUT2D eigenvalue weighted by Gasteiger charge is 2.14. The molecule has 0 aliphatic carbocycles. The summed E-state index contributed by atoms with van der Waals surface area (Å²) in [4.78, 5) is 12.3. The van der Waals surface area contributed by atoms with E-state index in [-0.39, 0.29) is 11.6 Å². The summed E-state index contributed by atoms with van der Waals surface area (Å²) in [6, 6.07) is 4.96. The smallest absolute Gasteiger partial charge is 0.227 e. The Labute approximate surface area is 142 Å². The average Bonchev–Trinajstić information content (AvgIpc) is 2.80. The van der Waals surface area contributed by atoms with Crippen LogP contribution in [-0.4, -0.2) is 19.5 Å². The van der Waals surface area contributed by atoms with Gasteiger partial charge in [-0.1, -0.05) is 23.2 Å². The van der Waals surface area contributed by atoms with E-state index in [1.54, 1.807) is 36.0 Å². The standard InChI is InChI=1S/C15H12Cl2FN5/c1-8-19-7-13(23(8)2)14-12(18)6-20-15(22-14)21-11-4-9(16)3-10(17)5-11/h3-7H,1-2H3,(H,20,21,22). The number of rotatable bonds is 3. The van der Waals surface area contributed by atoms with Crippen molar-refractivity contribution in [2.45, 2.75) is 6.92 Å². The second-order valence-electron chi connectivity index (χ2n) is 4.92. The molecule has 0 aliphatic rings. The molecule has 8 heteroatoms. The first-order valence-corrected chi connectivity index (χ1v) is 7.44. The number of anilines is 2. The van der Waals surface area contributed by atoms with Crippen LogP contribution >= 0.6 is 23.2 Å². The Morgan fingerprint density at radius 3 is 2.39 bits per heavy atom. The van der Waals surface area contributed by atoms with Crippen LogP contribution in [0.4, 0.5) is 16.0 Å². The van der Waals surface area contributed by atoms with Gasteiger partial charge in [0.1, 0.15) is 11.5 Å². The Hall–Kier alpha value is -2.18. The molecular weight excluding hydrogens is 340 g/mol. The number of aromatic nitrogens is 4. The van der Waals surface area contributed by atoms with Crippen LogP contribution < -0.4 is 5.32 Å².